The van der Waals surface area contributed by atoms with Crippen LogP contribution in [-0.4, -0.2) is 40.2 Å². The molecule has 0 radical (unpaired) electrons. The second kappa shape index (κ2) is 12.1. The minimum Gasteiger partial charge on any atom is -0.444 e. The highest BCUT2D eigenvalue weighted by Gasteiger charge is 2.30. The van der Waals surface area contributed by atoms with Gasteiger partial charge in [0.25, 0.3) is 5.91 Å². The number of hydrogen-bond acceptors (Lipinski definition) is 7. The molecule has 0 spiro atoms. The van der Waals surface area contributed by atoms with E-state index in [4.69, 9.17) is 4.74 Å². The number of thioether (sulfide) groups is 1. The molecule has 0 fully saturated rings. The summed E-state index contributed by atoms with van der Waals surface area (Å²) >= 11 is 2.68. The fourth-order valence-electron chi connectivity index (χ4n) is 4.24. The number of aryl methyl sites for hydroxylation is 1. The second-order valence-electron chi connectivity index (χ2n) is 10.5. The Kier molecular flexibility index (Phi) is 8.86. The number of nitrogens with zero attached hydrogens (tertiary/aromatic N) is 2. The van der Waals surface area contributed by atoms with Crippen molar-refractivity contribution >= 4 is 51.7 Å². The van der Waals surface area contributed by atoms with Crippen molar-refractivity contribution in [3.63, 3.8) is 0 Å². The van der Waals surface area contributed by atoms with Gasteiger partial charge in [-0.1, -0.05) is 24.3 Å². The zero-order valence-corrected chi connectivity index (χ0v) is 24.8. The highest BCUT2D eigenvalue weighted by atomic mass is 32.2. The van der Waals surface area contributed by atoms with Gasteiger partial charge in [-0.3, -0.25) is 9.59 Å². The zero-order chi connectivity index (χ0) is 29.0. The lowest BCUT2D eigenvalue weighted by molar-refractivity contribution is -0.115. The summed E-state index contributed by atoms with van der Waals surface area (Å²) < 4.78 is 5.50. The summed E-state index contributed by atoms with van der Waals surface area (Å²) in [5, 5.41) is 15.7. The third-order valence-electron chi connectivity index (χ3n) is 6.22. The lowest BCUT2D eigenvalue weighted by Crippen LogP contribution is -2.39. The summed E-state index contributed by atoms with van der Waals surface area (Å²) in [7, 11) is 0. The molecule has 1 aliphatic heterocycles. The van der Waals surface area contributed by atoms with Crippen LogP contribution in [0.2, 0.25) is 0 Å². The van der Waals surface area contributed by atoms with E-state index in [1.807, 2.05) is 64.1 Å². The Bertz CT molecular complexity index is 1490. The highest BCUT2D eigenvalue weighted by molar-refractivity contribution is 8.00. The number of nitriles is 1. The third-order valence-corrected chi connectivity index (χ3v) is 8.45. The molecule has 40 heavy (non-hydrogen) atoms. The van der Waals surface area contributed by atoms with Gasteiger partial charge in [0.05, 0.1) is 17.4 Å². The van der Waals surface area contributed by atoms with Crippen molar-refractivity contribution in [2.75, 3.05) is 17.2 Å². The minimum atomic E-state index is -0.594. The van der Waals surface area contributed by atoms with Crippen LogP contribution in [0, 0.1) is 18.3 Å². The Hall–Kier alpha value is -3.81. The van der Waals surface area contributed by atoms with Gasteiger partial charge in [-0.25, -0.2) is 4.79 Å². The molecule has 0 saturated heterocycles. The van der Waals surface area contributed by atoms with Crippen molar-refractivity contribution in [1.82, 2.24) is 4.90 Å². The molecule has 4 rings (SSSR count). The van der Waals surface area contributed by atoms with Crippen LogP contribution >= 0.6 is 23.1 Å². The Morgan fingerprint density at radius 1 is 1.12 bits per heavy atom. The maximum Gasteiger partial charge on any atom is 0.410 e. The van der Waals surface area contributed by atoms with E-state index in [-0.39, 0.29) is 11.8 Å². The number of ether oxygens (including phenoxy) is 1. The summed E-state index contributed by atoms with van der Waals surface area (Å²) in [6.07, 6.45) is 0.132. The molecule has 1 unspecified atom stereocenters. The molecular formula is C30H32N4O4S2. The van der Waals surface area contributed by atoms with Gasteiger partial charge in [0.1, 0.15) is 16.7 Å². The number of carbonyl (C=O) groups is 3. The van der Waals surface area contributed by atoms with Crippen molar-refractivity contribution in [3.05, 3.63) is 75.7 Å². The molecule has 2 heterocycles. The van der Waals surface area contributed by atoms with Crippen LogP contribution in [0.15, 0.2) is 53.4 Å². The Labute approximate surface area is 242 Å². The summed E-state index contributed by atoms with van der Waals surface area (Å²) in [4.78, 5) is 41.7. The SMILES string of the molecule is Cc1ccccc1C(=O)Nc1cccc(SC(C)C(=O)Nc2sc3c(c2C#N)CCN(C(=O)OC(C)(C)C)C3)c1. The molecule has 8 nitrogen and oxygen atoms in total. The quantitative estimate of drug-likeness (QED) is 0.320. The molecule has 3 aromatic rings. The van der Waals surface area contributed by atoms with Gasteiger partial charge in [-0.2, -0.15) is 5.26 Å². The van der Waals surface area contributed by atoms with Crippen molar-refractivity contribution in [2.24, 2.45) is 0 Å². The predicted molar refractivity (Wildman–Crippen MR) is 159 cm³/mol. The first-order valence-corrected chi connectivity index (χ1v) is 14.6. The third kappa shape index (κ3) is 7.03. The van der Waals surface area contributed by atoms with Crippen LogP contribution in [-0.2, 0) is 22.5 Å². The van der Waals surface area contributed by atoms with Gasteiger partial charge in [0, 0.05) is 27.6 Å². The van der Waals surface area contributed by atoms with E-state index in [0.29, 0.717) is 41.3 Å². The predicted octanol–water partition coefficient (Wildman–Crippen LogP) is 6.59. The smallest absolute Gasteiger partial charge is 0.410 e. The largest absolute Gasteiger partial charge is 0.444 e. The molecule has 0 aliphatic carbocycles. The number of anilines is 2. The first kappa shape index (κ1) is 29.2. The topological polar surface area (TPSA) is 112 Å². The molecule has 2 aromatic carbocycles. The number of amides is 3. The monoisotopic (exact) mass is 576 g/mol. The van der Waals surface area contributed by atoms with Crippen LogP contribution in [0.4, 0.5) is 15.5 Å². The maximum atomic E-state index is 13.1. The number of nitrogens with one attached hydrogen (secondary N) is 2. The number of hydrogen-bond donors (Lipinski definition) is 2. The zero-order valence-electron chi connectivity index (χ0n) is 23.2. The molecule has 2 N–H and O–H groups in total. The molecule has 1 aliphatic rings. The fraction of sp³-hybridized carbons (Fsp3) is 0.333. The Balaban J connectivity index is 1.41. The normalized spacial score (nSPS) is 13.6. The average Bonchev–Trinajstić information content (AvgIpc) is 3.24. The van der Waals surface area contributed by atoms with E-state index in [9.17, 15) is 19.6 Å². The van der Waals surface area contributed by atoms with Crippen LogP contribution < -0.4 is 10.6 Å². The van der Waals surface area contributed by atoms with Crippen LogP contribution in [0.25, 0.3) is 0 Å². The van der Waals surface area contributed by atoms with E-state index < -0.39 is 16.9 Å². The number of thiophene rings is 1. The standard InChI is InChI=1S/C30H32N4O4S2/c1-18-9-6-7-12-22(18)27(36)32-20-10-8-11-21(15-20)39-19(2)26(35)33-28-24(16-31)23-13-14-34(17-25(23)40-28)29(37)38-30(3,4)5/h6-12,15,19H,13-14,17H2,1-5H3,(H,32,36)(H,33,35). The van der Waals surface area contributed by atoms with Crippen LogP contribution in [0.1, 0.15) is 59.6 Å². The highest BCUT2D eigenvalue weighted by Crippen LogP contribution is 2.37. The van der Waals surface area contributed by atoms with E-state index in [2.05, 4.69) is 16.7 Å². The van der Waals surface area contributed by atoms with Gasteiger partial charge >= 0.3 is 6.09 Å². The molecule has 1 aromatic heterocycles. The van der Waals surface area contributed by atoms with Crippen molar-refractivity contribution in [1.29, 1.82) is 5.26 Å². The number of rotatable bonds is 6. The fourth-order valence-corrected chi connectivity index (χ4v) is 6.38. The summed E-state index contributed by atoms with van der Waals surface area (Å²) in [5.41, 5.74) is 2.87. The van der Waals surface area contributed by atoms with Crippen LogP contribution in [0.3, 0.4) is 0 Å². The molecular weight excluding hydrogens is 544 g/mol. The van der Waals surface area contributed by atoms with Gasteiger partial charge in [-0.05, 0) is 76.4 Å². The summed E-state index contributed by atoms with van der Waals surface area (Å²) in [5.74, 6) is -0.430. The van der Waals surface area contributed by atoms with E-state index in [1.54, 1.807) is 24.0 Å². The second-order valence-corrected chi connectivity index (χ2v) is 13.0. The molecule has 3 amide bonds. The van der Waals surface area contributed by atoms with Crippen molar-refractivity contribution < 1.29 is 19.1 Å². The van der Waals surface area contributed by atoms with Crippen LogP contribution in [0.5, 0.6) is 0 Å². The number of fused-ring (bicyclic) bond motifs is 1. The molecule has 0 bridgehead atoms. The summed E-state index contributed by atoms with van der Waals surface area (Å²) in [6, 6.07) is 17.0. The minimum absolute atomic E-state index is 0.193. The summed E-state index contributed by atoms with van der Waals surface area (Å²) in [6.45, 7) is 9.94. The average molecular weight is 577 g/mol. The number of benzene rings is 2. The van der Waals surface area contributed by atoms with Gasteiger partial charge in [0.15, 0.2) is 0 Å². The first-order chi connectivity index (χ1) is 18.9. The lowest BCUT2D eigenvalue weighted by Gasteiger charge is -2.29. The van der Waals surface area contributed by atoms with Gasteiger partial charge in [0.2, 0.25) is 5.91 Å². The molecule has 208 valence electrons. The van der Waals surface area contributed by atoms with Crippen molar-refractivity contribution in [2.45, 2.75) is 63.3 Å². The van der Waals surface area contributed by atoms with E-state index >= 15 is 0 Å². The van der Waals surface area contributed by atoms with Crippen molar-refractivity contribution in [3.8, 4) is 6.07 Å². The number of carbonyl (C=O) groups excluding carboxylic acids is 3. The molecule has 1 atom stereocenters. The van der Waals surface area contributed by atoms with E-state index in [0.717, 1.165) is 20.9 Å². The lowest BCUT2D eigenvalue weighted by atomic mass is 10.0. The molecule has 10 heteroatoms. The Morgan fingerprint density at radius 2 is 1.88 bits per heavy atom. The molecule has 0 saturated carbocycles. The van der Waals surface area contributed by atoms with Gasteiger partial charge < -0.3 is 20.3 Å². The van der Waals surface area contributed by atoms with Gasteiger partial charge in [-0.15, -0.1) is 23.1 Å². The van der Waals surface area contributed by atoms with E-state index in [1.165, 1.54) is 23.1 Å². The Morgan fingerprint density at radius 3 is 2.58 bits per heavy atom. The maximum absolute atomic E-state index is 13.1. The first-order valence-electron chi connectivity index (χ1n) is 12.9.